The van der Waals surface area contributed by atoms with Crippen molar-refractivity contribution < 1.29 is 57.6 Å². The van der Waals surface area contributed by atoms with Crippen molar-refractivity contribution in [3.63, 3.8) is 0 Å². The Labute approximate surface area is 527 Å². The van der Waals surface area contributed by atoms with Crippen LogP contribution in [-0.2, 0) is 51.4 Å². The van der Waals surface area contributed by atoms with Crippen LogP contribution in [0.4, 0.5) is 0 Å². The van der Waals surface area contributed by atoms with Crippen LogP contribution >= 0.6 is 0 Å². The first-order chi connectivity index (χ1) is 43.7. The van der Waals surface area contributed by atoms with E-state index >= 15 is 0 Å². The summed E-state index contributed by atoms with van der Waals surface area (Å²) >= 11 is 0. The second kappa shape index (κ2) is 25.2. The van der Waals surface area contributed by atoms with Gasteiger partial charge in [-0.05, 0) is 220 Å². The number of rotatable bonds is 6. The molecule has 16 nitrogen and oxygen atoms in total. The van der Waals surface area contributed by atoms with E-state index in [0.717, 1.165) is 105 Å². The van der Waals surface area contributed by atoms with Gasteiger partial charge in [-0.1, -0.05) is 36.4 Å². The van der Waals surface area contributed by atoms with Gasteiger partial charge < -0.3 is 57.6 Å². The maximum atomic E-state index is 10.7. The number of hydrogen-bond acceptors (Lipinski definition) is 16. The summed E-state index contributed by atoms with van der Waals surface area (Å²) < 4.78 is 62.1. The maximum Gasteiger partial charge on any atom is 0.204 e. The number of phenols is 2. The second-order valence-corrected chi connectivity index (χ2v) is 24.5. The van der Waals surface area contributed by atoms with Gasteiger partial charge in [0.15, 0.2) is 69.0 Å². The molecule has 0 fully saturated rings. The third kappa shape index (κ3) is 11.5. The molecule has 16 rings (SSSR count). The number of hydrogen-bond donors (Lipinski definition) is 2. The summed E-state index contributed by atoms with van der Waals surface area (Å²) in [6, 6.07) is 40.5. The summed E-state index contributed by atoms with van der Waals surface area (Å²) in [6.45, 7) is 3.64. The van der Waals surface area contributed by atoms with Crippen molar-refractivity contribution in [2.45, 2.75) is 75.5 Å². The van der Waals surface area contributed by atoms with Crippen LogP contribution in [0.25, 0.3) is 0 Å². The molecule has 0 amide bonds. The molecule has 12 bridgehead atoms. The SMILES string of the molecule is COc1cc2c3cc1Oc1c(OC)c(OC)cc4c1[C@@H](Cc1ccc(O)c(c1)Oc1ccc(cc1)C[C@@H]3N(C)CC2)N(C)CC4.COc1cc2c3cc1Oc1c(OC)c(OC)cc4c1[C@H](Cc1ccc(cc1)Oc1cc(ccc1O)C[C@H]3N(C)CC2)N(C)CC4. The van der Waals surface area contributed by atoms with E-state index in [1.165, 1.54) is 33.4 Å². The van der Waals surface area contributed by atoms with Crippen molar-refractivity contribution in [3.8, 4) is 92.0 Å². The van der Waals surface area contributed by atoms with Crippen molar-refractivity contribution in [3.05, 3.63) is 188 Å². The van der Waals surface area contributed by atoms with Gasteiger partial charge in [-0.25, -0.2) is 0 Å². The first-order valence-electron chi connectivity index (χ1n) is 31.0. The molecule has 0 aromatic heterocycles. The Bertz CT molecular complexity index is 3990. The third-order valence-electron chi connectivity index (χ3n) is 19.3. The van der Waals surface area contributed by atoms with E-state index in [0.29, 0.717) is 86.9 Å². The van der Waals surface area contributed by atoms with Crippen LogP contribution in [0.1, 0.15) is 90.9 Å². The zero-order valence-corrected chi connectivity index (χ0v) is 53.1. The van der Waals surface area contributed by atoms with Crippen LogP contribution in [0, 0.1) is 0 Å². The first-order valence-corrected chi connectivity index (χ1v) is 31.0. The molecule has 0 spiro atoms. The third-order valence-corrected chi connectivity index (χ3v) is 19.3. The molecular formula is C74H80N4O12. The molecule has 8 aromatic rings. The number of benzene rings is 8. The average Bonchev–Trinajstić information content (AvgIpc) is 0.896. The highest BCUT2D eigenvalue weighted by Crippen LogP contribution is 2.54. The van der Waals surface area contributed by atoms with Crippen molar-refractivity contribution in [2.75, 3.05) is 97.0 Å². The van der Waals surface area contributed by atoms with E-state index in [2.05, 4.69) is 108 Å². The predicted molar refractivity (Wildman–Crippen MR) is 346 cm³/mol. The second-order valence-electron chi connectivity index (χ2n) is 24.5. The average molecular weight is 1220 g/mol. The first kappa shape index (κ1) is 60.1. The summed E-state index contributed by atoms with van der Waals surface area (Å²) in [5.41, 5.74) is 13.9. The van der Waals surface area contributed by atoms with Crippen LogP contribution in [-0.4, -0.2) is 127 Å². The lowest BCUT2D eigenvalue weighted by Crippen LogP contribution is -2.34. The lowest BCUT2D eigenvalue weighted by molar-refractivity contribution is 0.220. The zero-order chi connectivity index (χ0) is 62.5. The minimum Gasteiger partial charge on any atom is -0.504 e. The summed E-state index contributed by atoms with van der Waals surface area (Å²) in [7, 11) is 18.7. The fraction of sp³-hybridized carbons (Fsp3) is 0.351. The highest BCUT2D eigenvalue weighted by atomic mass is 16.6. The van der Waals surface area contributed by atoms with Crippen molar-refractivity contribution >= 4 is 0 Å². The standard InChI is InChI=1S/2C37H40N2O6/c1-38-14-12-24-19-32(41-3)33-21-27(24)28(38)17-23-8-11-30(40)31(18-23)44-26-9-6-22(7-10-26)16-29-35-25(13-15-39(29)2)20-34(42-4)36(43-5)37(35)45-33;1-38-14-12-24-19-32(41-3)33-21-27(24)28(38)16-22-6-9-26(10-7-22)44-31-18-23(8-11-30(31)40)17-29-35-25(13-15-39(29)2)20-34(42-4)36(43-5)37(35)45-33/h2*6-11,18-21,28-29,40H,12-17H2,1-5H3/t2*28-,29+/m10/s1. The van der Waals surface area contributed by atoms with E-state index in [-0.39, 0.29) is 35.7 Å². The van der Waals surface area contributed by atoms with E-state index < -0.39 is 0 Å². The number of methoxy groups -OCH3 is 6. The number of aromatic hydroxyl groups is 2. The molecule has 8 heterocycles. The predicted octanol–water partition coefficient (Wildman–Crippen LogP) is 13.7. The molecule has 0 unspecified atom stereocenters. The van der Waals surface area contributed by atoms with Gasteiger partial charge >= 0.3 is 0 Å². The highest BCUT2D eigenvalue weighted by Gasteiger charge is 2.37. The quantitative estimate of drug-likeness (QED) is 0.163. The van der Waals surface area contributed by atoms with Crippen molar-refractivity contribution in [2.24, 2.45) is 0 Å². The smallest absolute Gasteiger partial charge is 0.204 e. The van der Waals surface area contributed by atoms with E-state index in [1.807, 2.05) is 48.5 Å². The number of nitrogens with zero attached hydrogens (tertiary/aromatic N) is 4. The summed E-state index contributed by atoms with van der Waals surface area (Å²) in [6.07, 6.45) is 6.51. The van der Waals surface area contributed by atoms with Crippen LogP contribution in [0.2, 0.25) is 0 Å². The molecule has 8 aromatic carbocycles. The Morgan fingerprint density at radius 3 is 1.07 bits per heavy atom. The molecule has 2 N–H and O–H groups in total. The molecule has 8 aliphatic rings. The molecule has 468 valence electrons. The van der Waals surface area contributed by atoms with E-state index in [9.17, 15) is 10.2 Å². The monoisotopic (exact) mass is 1220 g/mol. The van der Waals surface area contributed by atoms with Gasteiger partial charge in [0.05, 0.1) is 42.7 Å². The van der Waals surface area contributed by atoms with E-state index in [1.54, 1.807) is 54.8 Å². The Morgan fingerprint density at radius 2 is 0.678 bits per heavy atom. The molecule has 16 heteroatoms. The highest BCUT2D eigenvalue weighted by molar-refractivity contribution is 5.66. The topological polar surface area (TPSA) is 146 Å². The lowest BCUT2D eigenvalue weighted by atomic mass is 9.87. The molecule has 0 saturated carbocycles. The minimum atomic E-state index is -0.0402. The number of ether oxygens (including phenoxy) is 10. The summed E-state index contributed by atoms with van der Waals surface area (Å²) in [4.78, 5) is 9.51. The number of fused-ring (bicyclic) bond motifs is 4. The molecule has 0 saturated heterocycles. The number of phenolic OH excluding ortho intramolecular Hbond substituents is 2. The van der Waals surface area contributed by atoms with Gasteiger partial charge in [0.2, 0.25) is 11.5 Å². The lowest BCUT2D eigenvalue weighted by Gasteiger charge is -2.37. The van der Waals surface area contributed by atoms with Crippen molar-refractivity contribution in [1.82, 2.24) is 19.6 Å². The van der Waals surface area contributed by atoms with Crippen LogP contribution < -0.4 is 47.4 Å². The molecule has 4 atom stereocenters. The van der Waals surface area contributed by atoms with Gasteiger partial charge in [-0.15, -0.1) is 0 Å². The molecule has 8 aliphatic heterocycles. The largest absolute Gasteiger partial charge is 0.504 e. The van der Waals surface area contributed by atoms with Crippen LogP contribution in [0.5, 0.6) is 92.0 Å². The molecule has 0 aliphatic carbocycles. The molecule has 0 radical (unpaired) electrons. The Kier molecular flexibility index (Phi) is 16.9. The van der Waals surface area contributed by atoms with Crippen LogP contribution in [0.3, 0.4) is 0 Å². The van der Waals surface area contributed by atoms with Crippen molar-refractivity contribution in [1.29, 1.82) is 0 Å². The summed E-state index contributed by atoms with van der Waals surface area (Å²) in [5.74, 6) is 8.81. The number of likely N-dealkylation sites (N-methyl/N-ethyl adjacent to an activating group) is 4. The Balaban J connectivity index is 0.000000165. The van der Waals surface area contributed by atoms with Gasteiger partial charge in [-0.2, -0.15) is 0 Å². The Hall–Kier alpha value is -8.80. The fourth-order valence-electron chi connectivity index (χ4n) is 14.2. The van der Waals surface area contributed by atoms with Gasteiger partial charge in [0, 0.05) is 61.5 Å². The molecular weight excluding hydrogens is 1140 g/mol. The van der Waals surface area contributed by atoms with Gasteiger partial charge in [0.25, 0.3) is 0 Å². The summed E-state index contributed by atoms with van der Waals surface area (Å²) in [5, 5.41) is 21.4. The Morgan fingerprint density at radius 1 is 0.344 bits per heavy atom. The fourth-order valence-corrected chi connectivity index (χ4v) is 14.2. The van der Waals surface area contributed by atoms with Crippen LogP contribution in [0.15, 0.2) is 121 Å². The normalized spacial score (nSPS) is 19.4. The van der Waals surface area contributed by atoms with Gasteiger partial charge in [0.1, 0.15) is 11.5 Å². The molecule has 90 heavy (non-hydrogen) atoms. The van der Waals surface area contributed by atoms with E-state index in [4.69, 9.17) is 47.4 Å². The maximum absolute atomic E-state index is 10.7. The minimum absolute atomic E-state index is 0.0254. The zero-order valence-electron chi connectivity index (χ0n) is 53.1. The van der Waals surface area contributed by atoms with Gasteiger partial charge in [-0.3, -0.25) is 19.6 Å².